The van der Waals surface area contributed by atoms with Crippen LogP contribution in [0.25, 0.3) is 0 Å². The summed E-state index contributed by atoms with van der Waals surface area (Å²) in [4.78, 5) is 30.7. The van der Waals surface area contributed by atoms with E-state index in [1.54, 1.807) is 48.5 Å². The summed E-state index contributed by atoms with van der Waals surface area (Å²) in [5.74, 6) is -0.509. The Bertz CT molecular complexity index is 1710. The maximum Gasteiger partial charge on any atom is 0.264 e. The van der Waals surface area contributed by atoms with Crippen LogP contribution in [0.15, 0.2) is 113 Å². The van der Waals surface area contributed by atoms with E-state index >= 15 is 0 Å². The van der Waals surface area contributed by atoms with Crippen LogP contribution in [0, 0.1) is 6.92 Å². The highest BCUT2D eigenvalue weighted by Crippen LogP contribution is 2.33. The molecule has 4 aromatic rings. The fourth-order valence-corrected chi connectivity index (χ4v) is 7.02. The fraction of sp³-hybridized carbons (Fsp3) is 0.278. The predicted molar refractivity (Wildman–Crippen MR) is 185 cm³/mol. The number of nitrogens with one attached hydrogen (secondary N) is 1. The minimum absolute atomic E-state index is 0.0409. The Balaban J connectivity index is 1.83. The number of rotatable bonds is 15. The zero-order chi connectivity index (χ0) is 33.1. The number of hydrogen-bond acceptors (Lipinski definition) is 6. The van der Waals surface area contributed by atoms with Gasteiger partial charge in [-0.05, 0) is 74.6 Å². The van der Waals surface area contributed by atoms with Crippen LogP contribution in [0.5, 0.6) is 5.75 Å². The van der Waals surface area contributed by atoms with Crippen LogP contribution in [-0.2, 0) is 32.6 Å². The minimum Gasteiger partial charge on any atom is -0.492 e. The number of ether oxygens (including phenoxy) is 1. The zero-order valence-electron chi connectivity index (χ0n) is 26.7. The first kappa shape index (κ1) is 34.6. The number of thioether (sulfide) groups is 1. The van der Waals surface area contributed by atoms with Crippen molar-refractivity contribution in [2.45, 2.75) is 49.6 Å². The molecular weight excluding hydrogens is 619 g/mol. The minimum atomic E-state index is -4.25. The van der Waals surface area contributed by atoms with Crippen molar-refractivity contribution in [3.05, 3.63) is 120 Å². The van der Waals surface area contributed by atoms with Gasteiger partial charge in [-0.15, -0.1) is 11.8 Å². The van der Waals surface area contributed by atoms with Crippen molar-refractivity contribution in [2.75, 3.05) is 30.3 Å². The van der Waals surface area contributed by atoms with Crippen LogP contribution in [0.2, 0.25) is 0 Å². The van der Waals surface area contributed by atoms with Crippen molar-refractivity contribution in [2.24, 2.45) is 0 Å². The number of para-hydroxylation sites is 2. The normalized spacial score (nSPS) is 11.8. The SMILES string of the molecule is CCNC(=O)[C@@H](Cc1ccccc1)N(Cc1cccc(C)c1)C(=O)CN(c1ccccc1OCC)S(=O)(=O)c1ccc(SC)cc1. The maximum absolute atomic E-state index is 14.6. The van der Waals surface area contributed by atoms with Crippen molar-refractivity contribution in [1.82, 2.24) is 10.2 Å². The second-order valence-electron chi connectivity index (χ2n) is 10.7. The molecular formula is C36H41N3O5S2. The van der Waals surface area contributed by atoms with E-state index in [0.717, 1.165) is 25.9 Å². The summed E-state index contributed by atoms with van der Waals surface area (Å²) in [6.07, 6.45) is 2.17. The summed E-state index contributed by atoms with van der Waals surface area (Å²) in [6, 6.07) is 29.6. The molecule has 4 rings (SSSR count). The molecule has 0 radical (unpaired) electrons. The molecule has 10 heteroatoms. The van der Waals surface area contributed by atoms with Crippen molar-refractivity contribution >= 4 is 39.3 Å². The number of anilines is 1. The summed E-state index contributed by atoms with van der Waals surface area (Å²) in [5, 5.41) is 2.89. The fourth-order valence-electron chi connectivity index (χ4n) is 5.18. The quantitative estimate of drug-likeness (QED) is 0.155. The first-order valence-corrected chi connectivity index (χ1v) is 17.9. The van der Waals surface area contributed by atoms with E-state index in [-0.39, 0.29) is 29.5 Å². The van der Waals surface area contributed by atoms with Gasteiger partial charge in [-0.1, -0.05) is 72.3 Å². The van der Waals surface area contributed by atoms with Gasteiger partial charge in [0.05, 0.1) is 17.2 Å². The molecule has 4 aromatic carbocycles. The molecule has 1 atom stereocenters. The number of hydrogen-bond donors (Lipinski definition) is 1. The van der Waals surface area contributed by atoms with Gasteiger partial charge < -0.3 is 15.0 Å². The molecule has 0 fully saturated rings. The Morgan fingerprint density at radius 3 is 2.20 bits per heavy atom. The molecule has 46 heavy (non-hydrogen) atoms. The van der Waals surface area contributed by atoms with Gasteiger partial charge in [-0.3, -0.25) is 13.9 Å². The molecule has 0 aliphatic carbocycles. The largest absolute Gasteiger partial charge is 0.492 e. The molecule has 0 aromatic heterocycles. The highest BCUT2D eigenvalue weighted by Gasteiger charge is 2.35. The van der Waals surface area contributed by atoms with Crippen LogP contribution in [-0.4, -0.2) is 57.1 Å². The lowest BCUT2D eigenvalue weighted by molar-refractivity contribution is -0.140. The summed E-state index contributed by atoms with van der Waals surface area (Å²) >= 11 is 1.50. The Hall–Kier alpha value is -4.28. The highest BCUT2D eigenvalue weighted by molar-refractivity contribution is 7.98. The topological polar surface area (TPSA) is 96.0 Å². The van der Waals surface area contributed by atoms with E-state index in [0.29, 0.717) is 18.9 Å². The number of benzene rings is 4. The van der Waals surface area contributed by atoms with Crippen LogP contribution < -0.4 is 14.4 Å². The van der Waals surface area contributed by atoms with Crippen molar-refractivity contribution in [3.8, 4) is 5.75 Å². The zero-order valence-corrected chi connectivity index (χ0v) is 28.3. The summed E-state index contributed by atoms with van der Waals surface area (Å²) < 4.78 is 35.6. The van der Waals surface area contributed by atoms with E-state index in [4.69, 9.17) is 4.74 Å². The monoisotopic (exact) mass is 659 g/mol. The number of amides is 2. The molecule has 0 aliphatic rings. The van der Waals surface area contributed by atoms with Gasteiger partial charge in [0.1, 0.15) is 18.3 Å². The molecule has 0 unspecified atom stereocenters. The molecule has 0 saturated heterocycles. The lowest BCUT2D eigenvalue weighted by Gasteiger charge is -2.34. The van der Waals surface area contributed by atoms with Crippen LogP contribution in [0.3, 0.4) is 0 Å². The predicted octanol–water partition coefficient (Wildman–Crippen LogP) is 6.09. The lowest BCUT2D eigenvalue weighted by Crippen LogP contribution is -2.53. The number of aryl methyl sites for hydroxylation is 1. The Morgan fingerprint density at radius 2 is 1.54 bits per heavy atom. The Kier molecular flexibility index (Phi) is 12.3. The van der Waals surface area contributed by atoms with Gasteiger partial charge >= 0.3 is 0 Å². The second kappa shape index (κ2) is 16.3. The van der Waals surface area contributed by atoms with E-state index in [9.17, 15) is 18.0 Å². The van der Waals surface area contributed by atoms with Gasteiger partial charge in [-0.2, -0.15) is 0 Å². The van der Waals surface area contributed by atoms with Gasteiger partial charge in [-0.25, -0.2) is 8.42 Å². The van der Waals surface area contributed by atoms with Crippen molar-refractivity contribution < 1.29 is 22.7 Å². The molecule has 8 nitrogen and oxygen atoms in total. The molecule has 0 spiro atoms. The Labute approximate surface area is 276 Å². The van der Waals surface area contributed by atoms with Crippen molar-refractivity contribution in [1.29, 1.82) is 0 Å². The van der Waals surface area contributed by atoms with Gasteiger partial charge in [0.25, 0.3) is 10.0 Å². The van der Waals surface area contributed by atoms with Gasteiger partial charge in [0.2, 0.25) is 11.8 Å². The summed E-state index contributed by atoms with van der Waals surface area (Å²) in [6.45, 7) is 5.84. The molecule has 0 saturated carbocycles. The second-order valence-corrected chi connectivity index (χ2v) is 13.4. The average molecular weight is 660 g/mol. The summed E-state index contributed by atoms with van der Waals surface area (Å²) in [5.41, 5.74) is 2.94. The van der Waals surface area contributed by atoms with E-state index in [1.807, 2.05) is 81.6 Å². The number of sulfonamides is 1. The first-order valence-electron chi connectivity index (χ1n) is 15.2. The first-order chi connectivity index (χ1) is 22.2. The third-order valence-electron chi connectivity index (χ3n) is 7.42. The van der Waals surface area contributed by atoms with Crippen LogP contribution in [0.1, 0.15) is 30.5 Å². The van der Waals surface area contributed by atoms with Crippen LogP contribution >= 0.6 is 11.8 Å². The third-order valence-corrected chi connectivity index (χ3v) is 9.94. The Morgan fingerprint density at radius 1 is 0.870 bits per heavy atom. The molecule has 242 valence electrons. The maximum atomic E-state index is 14.6. The standard InChI is InChI=1S/C36H41N3O5S2/c1-5-37-36(41)33(24-28-14-8-7-9-15-28)38(25-29-16-12-13-27(3)23-29)35(40)26-39(32-17-10-11-18-34(32)44-6-2)46(42,43)31-21-19-30(45-4)20-22-31/h7-23,33H,5-6,24-26H2,1-4H3,(H,37,41)/t33-/m1/s1. The molecule has 0 heterocycles. The van der Waals surface area contributed by atoms with Gasteiger partial charge in [0, 0.05) is 24.4 Å². The smallest absolute Gasteiger partial charge is 0.264 e. The van der Waals surface area contributed by atoms with E-state index < -0.39 is 28.5 Å². The van der Waals surface area contributed by atoms with E-state index in [2.05, 4.69) is 5.32 Å². The van der Waals surface area contributed by atoms with Crippen LogP contribution in [0.4, 0.5) is 5.69 Å². The highest BCUT2D eigenvalue weighted by atomic mass is 32.2. The number of carbonyl (C=O) groups excluding carboxylic acids is 2. The lowest BCUT2D eigenvalue weighted by atomic mass is 10.0. The molecule has 1 N–H and O–H groups in total. The average Bonchev–Trinajstić information content (AvgIpc) is 3.06. The molecule has 0 bridgehead atoms. The summed E-state index contributed by atoms with van der Waals surface area (Å²) in [7, 11) is -4.25. The van der Waals surface area contributed by atoms with Gasteiger partial charge in [0.15, 0.2) is 0 Å². The number of nitrogens with zero attached hydrogens (tertiary/aromatic N) is 2. The third kappa shape index (κ3) is 8.70. The molecule has 0 aliphatic heterocycles. The van der Waals surface area contributed by atoms with Crippen molar-refractivity contribution in [3.63, 3.8) is 0 Å². The molecule has 2 amide bonds. The number of likely N-dealkylation sites (N-methyl/N-ethyl adjacent to an activating group) is 1. The van der Waals surface area contributed by atoms with E-state index in [1.165, 1.54) is 16.7 Å². The number of carbonyl (C=O) groups is 2.